The summed E-state index contributed by atoms with van der Waals surface area (Å²) in [6.07, 6.45) is 102. The van der Waals surface area contributed by atoms with E-state index in [1.54, 1.807) is 0 Å². The lowest BCUT2D eigenvalue weighted by Crippen LogP contribution is -2.37. The fourth-order valence-corrected chi connectivity index (χ4v) is 8.60. The largest absolute Gasteiger partial charge is 0.472 e. The standard InChI is InChI=1S/C76H118NO8P/c1-6-8-10-12-14-16-18-20-22-24-26-28-30-31-32-33-34-35-36-37-38-39-40-41-42-43-44-45-47-49-51-53-55-57-59-61-63-65-67-69-76(79)85-74(73-84-86(80,81)83-71-70-77(3,4)5)72-82-75(78)68-66-64-62-60-58-56-54-52-50-48-46-29-27-25-23-21-19-17-15-13-11-9-7-2/h8-11,14-17,20-23,26-29,31-32,34-35,37-38,40-41,43-44,47-50,54,56,60,62,74H,6-7,12-13,18-19,24-25,30,33,36,39,42,45-46,51-53,55,57-59,61,63-73H2,1-5H3/p+1/b10-8-,11-9-,16-14-,17-15-,22-20-,23-21-,28-26-,29-27-,32-31-,35-34-,38-37-,41-40-,44-43-,49-47-,50-48-,56-54-,62-60-. The zero-order valence-corrected chi connectivity index (χ0v) is 55.3. The highest BCUT2D eigenvalue weighted by molar-refractivity contribution is 7.47. The summed E-state index contributed by atoms with van der Waals surface area (Å²) in [6, 6.07) is 0. The molecule has 0 spiro atoms. The molecule has 0 saturated heterocycles. The lowest BCUT2D eigenvalue weighted by Gasteiger charge is -2.24. The SMILES string of the molecule is CC/C=C\C/C=C\C/C=C\C/C=C\C/C=C\C/C=C\C/C=C\C/C=C\C/C=C\C/C=C\CCCCCCCCCCC(=O)OC(COC(=O)CCC/C=C\C/C=C\C/C=C\C/C=C\C/C=C\C/C=C\C/C=C\CC)COP(=O)(O)OCC[N+](C)(C)C. The number of hydrogen-bond donors (Lipinski definition) is 1. The maximum Gasteiger partial charge on any atom is 0.472 e. The maximum absolute atomic E-state index is 12.9. The molecule has 0 aromatic rings. The molecule has 9 nitrogen and oxygen atoms in total. The van der Waals surface area contributed by atoms with Crippen molar-refractivity contribution in [3.63, 3.8) is 0 Å². The molecule has 0 aliphatic heterocycles. The highest BCUT2D eigenvalue weighted by atomic mass is 31.2. The van der Waals surface area contributed by atoms with Crippen molar-refractivity contribution in [1.82, 2.24) is 0 Å². The topological polar surface area (TPSA) is 108 Å². The van der Waals surface area contributed by atoms with Crippen LogP contribution in [0.2, 0.25) is 0 Å². The first-order valence-corrected chi connectivity index (χ1v) is 34.3. The number of unbranched alkanes of at least 4 members (excludes halogenated alkanes) is 9. The molecule has 0 rings (SSSR count). The van der Waals surface area contributed by atoms with Gasteiger partial charge in [0.2, 0.25) is 0 Å². The molecule has 2 atom stereocenters. The van der Waals surface area contributed by atoms with E-state index in [1.165, 1.54) is 25.7 Å². The van der Waals surface area contributed by atoms with E-state index in [0.717, 1.165) is 141 Å². The van der Waals surface area contributed by atoms with Gasteiger partial charge in [-0.15, -0.1) is 0 Å². The Morgan fingerprint density at radius 1 is 0.360 bits per heavy atom. The third-order valence-electron chi connectivity index (χ3n) is 12.8. The number of carbonyl (C=O) groups is 2. The smallest absolute Gasteiger partial charge is 0.462 e. The van der Waals surface area contributed by atoms with Crippen molar-refractivity contribution >= 4 is 19.8 Å². The van der Waals surface area contributed by atoms with Gasteiger partial charge in [0.05, 0.1) is 27.7 Å². The van der Waals surface area contributed by atoms with Crippen molar-refractivity contribution in [2.75, 3.05) is 47.5 Å². The van der Waals surface area contributed by atoms with Crippen LogP contribution in [0.5, 0.6) is 0 Å². The Hall–Kier alpha value is -5.41. The third-order valence-corrected chi connectivity index (χ3v) is 13.8. The number of esters is 2. The Bertz CT molecular complexity index is 2200. The predicted octanol–water partition coefficient (Wildman–Crippen LogP) is 21.5. The molecule has 0 aliphatic carbocycles. The van der Waals surface area contributed by atoms with Crippen LogP contribution in [-0.4, -0.2) is 74.9 Å². The number of hydrogen-bond acceptors (Lipinski definition) is 7. The minimum atomic E-state index is -4.42. The number of phosphoric acid groups is 1. The normalized spacial score (nSPS) is 14.5. The summed E-state index contributed by atoms with van der Waals surface area (Å²) in [7, 11) is 1.41. The third kappa shape index (κ3) is 67.7. The van der Waals surface area contributed by atoms with Crippen LogP contribution in [0.15, 0.2) is 207 Å². The van der Waals surface area contributed by atoms with Crippen molar-refractivity contribution in [2.24, 2.45) is 0 Å². The Morgan fingerprint density at radius 2 is 0.640 bits per heavy atom. The minimum absolute atomic E-state index is 0.00864. The van der Waals surface area contributed by atoms with E-state index in [9.17, 15) is 19.0 Å². The summed E-state index contributed by atoms with van der Waals surface area (Å²) in [4.78, 5) is 35.8. The van der Waals surface area contributed by atoms with Gasteiger partial charge in [-0.1, -0.05) is 259 Å². The van der Waals surface area contributed by atoms with Gasteiger partial charge in [0, 0.05) is 12.8 Å². The molecule has 0 fully saturated rings. The van der Waals surface area contributed by atoms with Gasteiger partial charge >= 0.3 is 19.8 Å². The second kappa shape index (κ2) is 64.1. The predicted molar refractivity (Wildman–Crippen MR) is 371 cm³/mol. The second-order valence-electron chi connectivity index (χ2n) is 22.0. The molecule has 0 aliphatic rings. The number of quaternary nitrogens is 1. The number of carbonyl (C=O) groups excluding carboxylic acids is 2. The molecule has 0 amide bonds. The van der Waals surface area contributed by atoms with Crippen LogP contribution in [0.3, 0.4) is 0 Å². The molecular formula is C76H119NO8P+. The van der Waals surface area contributed by atoms with Crippen molar-refractivity contribution in [3.8, 4) is 0 Å². The van der Waals surface area contributed by atoms with E-state index in [1.807, 2.05) is 21.1 Å². The second-order valence-corrected chi connectivity index (χ2v) is 23.5. The molecule has 1 N–H and O–H groups in total. The molecule has 0 bridgehead atoms. The summed E-state index contributed by atoms with van der Waals surface area (Å²) in [5.41, 5.74) is 0. The summed E-state index contributed by atoms with van der Waals surface area (Å²) in [5, 5.41) is 0. The molecule has 86 heavy (non-hydrogen) atoms. The number of phosphoric ester groups is 1. The highest BCUT2D eigenvalue weighted by Gasteiger charge is 2.27. The average Bonchev–Trinajstić information content (AvgIpc) is 3.56. The van der Waals surface area contributed by atoms with Gasteiger partial charge in [-0.3, -0.25) is 18.6 Å². The molecule has 10 heteroatoms. The van der Waals surface area contributed by atoms with Crippen molar-refractivity contribution < 1.29 is 42.1 Å². The van der Waals surface area contributed by atoms with E-state index >= 15 is 0 Å². The van der Waals surface area contributed by atoms with Crippen molar-refractivity contribution in [2.45, 2.75) is 213 Å². The van der Waals surface area contributed by atoms with Crippen LogP contribution in [0.1, 0.15) is 206 Å². The zero-order valence-electron chi connectivity index (χ0n) is 54.4. The van der Waals surface area contributed by atoms with Crippen LogP contribution in [0.4, 0.5) is 0 Å². The van der Waals surface area contributed by atoms with E-state index in [2.05, 4.69) is 220 Å². The maximum atomic E-state index is 12.9. The van der Waals surface area contributed by atoms with E-state index in [0.29, 0.717) is 23.9 Å². The van der Waals surface area contributed by atoms with Gasteiger partial charge in [-0.2, -0.15) is 0 Å². The zero-order chi connectivity index (χ0) is 62.6. The number of ether oxygens (including phenoxy) is 2. The monoisotopic (exact) mass is 1200 g/mol. The van der Waals surface area contributed by atoms with E-state index in [-0.39, 0.29) is 26.1 Å². The first-order valence-electron chi connectivity index (χ1n) is 32.8. The highest BCUT2D eigenvalue weighted by Crippen LogP contribution is 2.43. The Balaban J connectivity index is 4.25. The molecule has 0 radical (unpaired) electrons. The molecule has 0 aromatic heterocycles. The molecule has 2 unspecified atom stereocenters. The Morgan fingerprint density at radius 3 is 0.965 bits per heavy atom. The molecule has 480 valence electrons. The van der Waals surface area contributed by atoms with Gasteiger partial charge in [0.1, 0.15) is 19.8 Å². The van der Waals surface area contributed by atoms with E-state index in [4.69, 9.17) is 18.5 Å². The Labute approximate surface area is 525 Å². The van der Waals surface area contributed by atoms with Crippen molar-refractivity contribution in [3.05, 3.63) is 207 Å². The summed E-state index contributed by atoms with van der Waals surface area (Å²) in [5.74, 6) is -0.895. The van der Waals surface area contributed by atoms with Gasteiger partial charge < -0.3 is 18.9 Å². The number of nitrogens with zero attached hydrogens (tertiary/aromatic N) is 1. The molecular weight excluding hydrogens is 1090 g/mol. The fraction of sp³-hybridized carbons (Fsp3) is 0.526. The Kier molecular flexibility index (Phi) is 60.0. The van der Waals surface area contributed by atoms with Crippen molar-refractivity contribution in [1.29, 1.82) is 0 Å². The van der Waals surface area contributed by atoms with Crippen LogP contribution >= 0.6 is 7.82 Å². The van der Waals surface area contributed by atoms with Gasteiger partial charge in [0.15, 0.2) is 6.10 Å². The van der Waals surface area contributed by atoms with Gasteiger partial charge in [-0.25, -0.2) is 4.57 Å². The minimum Gasteiger partial charge on any atom is -0.462 e. The molecule has 0 heterocycles. The number of likely N-dealkylation sites (N-methyl/N-ethyl adjacent to an activating group) is 1. The number of allylic oxidation sites excluding steroid dienone is 34. The summed E-state index contributed by atoms with van der Waals surface area (Å²) in [6.45, 7) is 4.09. The summed E-state index contributed by atoms with van der Waals surface area (Å²) < 4.78 is 34.5. The van der Waals surface area contributed by atoms with E-state index < -0.39 is 32.5 Å². The van der Waals surface area contributed by atoms with Gasteiger partial charge in [0.25, 0.3) is 0 Å². The first-order chi connectivity index (χ1) is 42.0. The quantitative estimate of drug-likeness (QED) is 0.0211. The molecule has 0 aromatic carbocycles. The lowest BCUT2D eigenvalue weighted by molar-refractivity contribution is -0.870. The fourth-order valence-electron chi connectivity index (χ4n) is 7.85. The summed E-state index contributed by atoms with van der Waals surface area (Å²) >= 11 is 0. The average molecular weight is 1210 g/mol. The molecule has 0 saturated carbocycles. The number of rotatable bonds is 57. The first kappa shape index (κ1) is 80.6. The van der Waals surface area contributed by atoms with Crippen LogP contribution < -0.4 is 0 Å². The van der Waals surface area contributed by atoms with Crippen LogP contribution in [-0.2, 0) is 32.7 Å². The lowest BCUT2D eigenvalue weighted by atomic mass is 10.1. The van der Waals surface area contributed by atoms with Gasteiger partial charge in [-0.05, 0) is 141 Å². The van der Waals surface area contributed by atoms with Crippen LogP contribution in [0.25, 0.3) is 0 Å². The van der Waals surface area contributed by atoms with Crippen LogP contribution in [0, 0.1) is 0 Å².